The molecule has 4 heteroatoms. The number of carboxylic acids is 1. The van der Waals surface area contributed by atoms with Crippen molar-refractivity contribution in [3.05, 3.63) is 66.0 Å². The van der Waals surface area contributed by atoms with Crippen molar-refractivity contribution in [1.29, 1.82) is 0 Å². The topological polar surface area (TPSA) is 62.2 Å². The smallest absolute Gasteiger partial charge is 0.305 e. The Kier molecular flexibility index (Phi) is 4.64. The normalized spacial score (nSPS) is 12.0. The van der Waals surface area contributed by atoms with Crippen LogP contribution in [0.15, 0.2) is 54.9 Å². The number of nitrogens with zero attached hydrogens (tertiary/aromatic N) is 1. The van der Waals surface area contributed by atoms with Gasteiger partial charge in [-0.1, -0.05) is 36.4 Å². The molecule has 0 spiro atoms. The predicted molar refractivity (Wildman–Crippen MR) is 72.5 cm³/mol. The lowest BCUT2D eigenvalue weighted by Crippen LogP contribution is -2.23. The fraction of sp³-hybridized carbons (Fsp3) is 0.200. The second kappa shape index (κ2) is 6.66. The number of benzene rings is 1. The minimum atomic E-state index is -0.825. The zero-order valence-electron chi connectivity index (χ0n) is 10.5. The largest absolute Gasteiger partial charge is 0.481 e. The first-order chi connectivity index (χ1) is 9.25. The van der Waals surface area contributed by atoms with Gasteiger partial charge in [-0.2, -0.15) is 0 Å². The van der Waals surface area contributed by atoms with Crippen molar-refractivity contribution in [2.75, 3.05) is 0 Å². The first-order valence-corrected chi connectivity index (χ1v) is 6.15. The Morgan fingerprint density at radius 1 is 1.21 bits per heavy atom. The van der Waals surface area contributed by atoms with Gasteiger partial charge in [0, 0.05) is 25.0 Å². The SMILES string of the molecule is O=C(O)CC(NCc1ccccc1)c1cccnc1. The van der Waals surface area contributed by atoms with Crippen LogP contribution in [0.5, 0.6) is 0 Å². The summed E-state index contributed by atoms with van der Waals surface area (Å²) in [6.07, 6.45) is 3.42. The number of aliphatic carboxylic acids is 1. The number of carbonyl (C=O) groups is 1. The highest BCUT2D eigenvalue weighted by atomic mass is 16.4. The summed E-state index contributed by atoms with van der Waals surface area (Å²) in [7, 11) is 0. The molecule has 1 aromatic carbocycles. The zero-order chi connectivity index (χ0) is 13.5. The van der Waals surface area contributed by atoms with Gasteiger partial charge >= 0.3 is 5.97 Å². The van der Waals surface area contributed by atoms with Crippen molar-refractivity contribution in [3.63, 3.8) is 0 Å². The molecule has 2 rings (SSSR count). The lowest BCUT2D eigenvalue weighted by atomic mass is 10.1. The average Bonchev–Trinajstić information content (AvgIpc) is 2.45. The van der Waals surface area contributed by atoms with Crippen LogP contribution in [0, 0.1) is 0 Å². The molecule has 2 N–H and O–H groups in total. The Morgan fingerprint density at radius 2 is 2.00 bits per heavy atom. The molecule has 1 unspecified atom stereocenters. The fourth-order valence-corrected chi connectivity index (χ4v) is 1.90. The molecule has 0 bridgehead atoms. The van der Waals surface area contributed by atoms with E-state index in [0.717, 1.165) is 11.1 Å². The molecule has 4 nitrogen and oxygen atoms in total. The molecule has 1 aromatic heterocycles. The van der Waals surface area contributed by atoms with Crippen molar-refractivity contribution in [3.8, 4) is 0 Å². The maximum absolute atomic E-state index is 10.9. The summed E-state index contributed by atoms with van der Waals surface area (Å²) in [5.74, 6) is -0.825. The Hall–Kier alpha value is -2.20. The van der Waals surface area contributed by atoms with E-state index in [-0.39, 0.29) is 12.5 Å². The maximum Gasteiger partial charge on any atom is 0.305 e. The predicted octanol–water partition coefficient (Wildman–Crippen LogP) is 2.39. The van der Waals surface area contributed by atoms with Crippen molar-refractivity contribution in [2.24, 2.45) is 0 Å². The highest BCUT2D eigenvalue weighted by Crippen LogP contribution is 2.16. The summed E-state index contributed by atoms with van der Waals surface area (Å²) in [6.45, 7) is 0.633. The standard InChI is InChI=1S/C15H16N2O2/c18-15(19)9-14(13-7-4-8-16-11-13)17-10-12-5-2-1-3-6-12/h1-8,11,14,17H,9-10H2,(H,18,19). The summed E-state index contributed by atoms with van der Waals surface area (Å²) in [5.41, 5.74) is 2.02. The molecule has 1 atom stereocenters. The van der Waals surface area contributed by atoms with Gasteiger partial charge in [0.15, 0.2) is 0 Å². The lowest BCUT2D eigenvalue weighted by Gasteiger charge is -2.17. The van der Waals surface area contributed by atoms with Crippen molar-refractivity contribution >= 4 is 5.97 Å². The van der Waals surface area contributed by atoms with Gasteiger partial charge < -0.3 is 10.4 Å². The highest BCUT2D eigenvalue weighted by Gasteiger charge is 2.14. The van der Waals surface area contributed by atoms with E-state index in [4.69, 9.17) is 5.11 Å². The highest BCUT2D eigenvalue weighted by molar-refractivity contribution is 5.67. The van der Waals surface area contributed by atoms with Crippen LogP contribution < -0.4 is 5.32 Å². The lowest BCUT2D eigenvalue weighted by molar-refractivity contribution is -0.137. The second-order valence-corrected chi connectivity index (χ2v) is 4.30. The number of hydrogen-bond donors (Lipinski definition) is 2. The van der Waals surface area contributed by atoms with Gasteiger partial charge in [-0.15, -0.1) is 0 Å². The van der Waals surface area contributed by atoms with Crippen LogP contribution in [-0.4, -0.2) is 16.1 Å². The Morgan fingerprint density at radius 3 is 2.63 bits per heavy atom. The first kappa shape index (κ1) is 13.2. The zero-order valence-corrected chi connectivity index (χ0v) is 10.5. The van der Waals surface area contributed by atoms with E-state index in [1.165, 1.54) is 0 Å². The Labute approximate surface area is 112 Å². The molecule has 0 radical (unpaired) electrons. The van der Waals surface area contributed by atoms with E-state index >= 15 is 0 Å². The van der Waals surface area contributed by atoms with Gasteiger partial charge in [-0.05, 0) is 17.2 Å². The van der Waals surface area contributed by atoms with Gasteiger partial charge in [0.05, 0.1) is 6.42 Å². The molecule has 0 aliphatic heterocycles. The van der Waals surface area contributed by atoms with E-state index in [0.29, 0.717) is 6.54 Å². The van der Waals surface area contributed by atoms with E-state index in [9.17, 15) is 4.79 Å². The molecular formula is C15H16N2O2. The number of hydrogen-bond acceptors (Lipinski definition) is 3. The first-order valence-electron chi connectivity index (χ1n) is 6.15. The van der Waals surface area contributed by atoms with Crippen molar-refractivity contribution in [1.82, 2.24) is 10.3 Å². The van der Waals surface area contributed by atoms with E-state index < -0.39 is 5.97 Å². The summed E-state index contributed by atoms with van der Waals surface area (Å²) in [4.78, 5) is 15.0. The van der Waals surface area contributed by atoms with Crippen LogP contribution in [0.1, 0.15) is 23.6 Å². The van der Waals surface area contributed by atoms with Crippen LogP contribution in [0.25, 0.3) is 0 Å². The molecule has 0 fully saturated rings. The summed E-state index contributed by atoms with van der Waals surface area (Å²) in [5, 5.41) is 12.2. The van der Waals surface area contributed by atoms with Crippen molar-refractivity contribution < 1.29 is 9.90 Å². The number of pyridine rings is 1. The monoisotopic (exact) mass is 256 g/mol. The minimum absolute atomic E-state index is 0.0402. The van der Waals surface area contributed by atoms with Crippen LogP contribution in [-0.2, 0) is 11.3 Å². The molecule has 1 heterocycles. The van der Waals surface area contributed by atoms with E-state index in [1.54, 1.807) is 12.4 Å². The molecular weight excluding hydrogens is 240 g/mol. The minimum Gasteiger partial charge on any atom is -0.481 e. The Bertz CT molecular complexity index is 514. The molecule has 0 saturated heterocycles. The van der Waals surface area contributed by atoms with Gasteiger partial charge in [-0.3, -0.25) is 9.78 Å². The summed E-state index contributed by atoms with van der Waals surface area (Å²) >= 11 is 0. The fourth-order valence-electron chi connectivity index (χ4n) is 1.90. The van der Waals surface area contributed by atoms with Crippen LogP contribution in [0.4, 0.5) is 0 Å². The second-order valence-electron chi connectivity index (χ2n) is 4.30. The number of rotatable bonds is 6. The van der Waals surface area contributed by atoms with Crippen LogP contribution >= 0.6 is 0 Å². The third kappa shape index (κ3) is 4.19. The maximum atomic E-state index is 10.9. The Balaban J connectivity index is 2.04. The molecule has 0 aliphatic carbocycles. The molecule has 0 aliphatic rings. The van der Waals surface area contributed by atoms with Gasteiger partial charge in [0.25, 0.3) is 0 Å². The van der Waals surface area contributed by atoms with E-state index in [1.807, 2.05) is 42.5 Å². The van der Waals surface area contributed by atoms with Gasteiger partial charge in [-0.25, -0.2) is 0 Å². The molecule has 98 valence electrons. The molecule has 19 heavy (non-hydrogen) atoms. The van der Waals surface area contributed by atoms with Gasteiger partial charge in [0.2, 0.25) is 0 Å². The summed E-state index contributed by atoms with van der Waals surface area (Å²) in [6, 6.07) is 13.4. The molecule has 0 amide bonds. The molecule has 0 saturated carbocycles. The number of nitrogens with one attached hydrogen (secondary N) is 1. The quantitative estimate of drug-likeness (QED) is 0.833. The third-order valence-electron chi connectivity index (χ3n) is 2.86. The third-order valence-corrected chi connectivity index (χ3v) is 2.86. The average molecular weight is 256 g/mol. The van der Waals surface area contributed by atoms with Gasteiger partial charge in [0.1, 0.15) is 0 Å². The van der Waals surface area contributed by atoms with E-state index in [2.05, 4.69) is 10.3 Å². The number of carboxylic acid groups (broad SMARTS) is 1. The number of aromatic nitrogens is 1. The van der Waals surface area contributed by atoms with Crippen LogP contribution in [0.2, 0.25) is 0 Å². The molecule has 2 aromatic rings. The van der Waals surface area contributed by atoms with Crippen LogP contribution in [0.3, 0.4) is 0 Å². The van der Waals surface area contributed by atoms with Crippen molar-refractivity contribution in [2.45, 2.75) is 19.0 Å². The summed E-state index contributed by atoms with van der Waals surface area (Å²) < 4.78 is 0.